The molecule has 2 atom stereocenters. The van der Waals surface area contributed by atoms with Crippen molar-refractivity contribution in [3.63, 3.8) is 0 Å². The quantitative estimate of drug-likeness (QED) is 0.107. The summed E-state index contributed by atoms with van der Waals surface area (Å²) in [5.41, 5.74) is 0.875. The molecule has 65 heavy (non-hydrogen) atoms. The monoisotopic (exact) mass is 1130 g/mol. The van der Waals surface area contributed by atoms with Crippen molar-refractivity contribution in [1.82, 2.24) is 4.72 Å². The van der Waals surface area contributed by atoms with Crippen LogP contribution in [0, 0.1) is 55.3 Å². The van der Waals surface area contributed by atoms with E-state index in [1.54, 1.807) is 13.0 Å². The van der Waals surface area contributed by atoms with Gasteiger partial charge in [0.15, 0.2) is 0 Å². The number of ether oxygens (including phenoxy) is 2. The number of hydrogen-bond acceptors (Lipinski definition) is 4. The first-order chi connectivity index (χ1) is 26.4. The van der Waals surface area contributed by atoms with Crippen LogP contribution in [0.15, 0.2) is 12.2 Å². The fourth-order valence-electron chi connectivity index (χ4n) is 3.49. The summed E-state index contributed by atoms with van der Waals surface area (Å²) in [4.78, 5) is 0. The van der Waals surface area contributed by atoms with Crippen LogP contribution in [-0.2, 0) is 40.6 Å². The summed E-state index contributed by atoms with van der Waals surface area (Å²) >= 11 is 0. The smallest absolute Gasteiger partial charge is 0.373 e. The van der Waals surface area contributed by atoms with Gasteiger partial charge in [0.25, 0.3) is 5.92 Å². The molecule has 0 unspecified atom stereocenters. The third-order valence-electron chi connectivity index (χ3n) is 10.7. The maximum absolute atomic E-state index is 12.9. The van der Waals surface area contributed by atoms with Crippen molar-refractivity contribution in [2.75, 3.05) is 0 Å². The van der Waals surface area contributed by atoms with Crippen LogP contribution < -0.4 is 4.72 Å². The third-order valence-corrected chi connectivity index (χ3v) is 13.2. The Morgan fingerprint density at radius 3 is 1.08 bits per heavy atom. The van der Waals surface area contributed by atoms with Crippen LogP contribution in [0.5, 0.6) is 0 Å². The molecule has 2 aliphatic rings. The summed E-state index contributed by atoms with van der Waals surface area (Å²) in [5.74, 6) is -0.153. The first kappa shape index (κ1) is 91.5. The van der Waals surface area contributed by atoms with Crippen LogP contribution in [-0.4, -0.2) is 58.0 Å². The molecule has 10 heteroatoms. The molecule has 2 fully saturated rings. The minimum Gasteiger partial charge on any atom is -0.373 e. The van der Waals surface area contributed by atoms with Gasteiger partial charge in [-0.3, -0.25) is 0 Å². The van der Waals surface area contributed by atoms with E-state index in [0.717, 1.165) is 55.9 Å². The summed E-state index contributed by atoms with van der Waals surface area (Å²) in [6.45, 7) is 54.4. The minimum atomic E-state index is -3.04. The van der Waals surface area contributed by atoms with E-state index in [9.17, 15) is 17.2 Å². The van der Waals surface area contributed by atoms with Gasteiger partial charge in [0.05, 0.1) is 29.2 Å². The Balaban J connectivity index is -0.0000000590. The average molecular weight is 1130 g/mol. The summed E-state index contributed by atoms with van der Waals surface area (Å²) in [7, 11) is -3.04. The van der Waals surface area contributed by atoms with Gasteiger partial charge in [0.1, 0.15) is 0 Å². The number of hydrogen-bond donors (Lipinski definition) is 1. The van der Waals surface area contributed by atoms with Crippen molar-refractivity contribution in [2.45, 2.75) is 294 Å². The second-order valence-corrected chi connectivity index (χ2v) is 24.1. The maximum atomic E-state index is 12.9. The van der Waals surface area contributed by atoms with Gasteiger partial charge in [-0.05, 0) is 128 Å². The van der Waals surface area contributed by atoms with E-state index in [1.165, 1.54) is 39.5 Å². The van der Waals surface area contributed by atoms with E-state index in [1.807, 2.05) is 27.7 Å². The van der Waals surface area contributed by atoms with Gasteiger partial charge in [-0.15, -0.1) is 0 Å². The molecular weight excluding hydrogens is 1000 g/mol. The molecule has 3 radical (unpaired) electrons. The minimum absolute atomic E-state index is 0. The van der Waals surface area contributed by atoms with Gasteiger partial charge in [-0.25, -0.2) is 21.9 Å². The number of sulfonamides is 1. The predicted molar refractivity (Wildman–Crippen MR) is 293 cm³/mol. The van der Waals surface area contributed by atoms with E-state index in [0.29, 0.717) is 41.2 Å². The molecule has 0 aromatic heterocycles. The molecule has 0 bridgehead atoms. The Hall–Kier alpha value is 0.183. The SMILES string of the molecule is C.C.CC(C)(C)C(C)(C)C.CC(C)C/C=C/C(F)(F)C(C)C.CC(C)NS(=O)(=O)C1(C)CC1.CC(C)O[C@@H]1CCC[C@H]1OC(C)C.CCC(C)C.CCC(C)C.CCC(C)C.[B].[CH3-].[CH3-].[W+2]. The van der Waals surface area contributed by atoms with Gasteiger partial charge >= 0.3 is 21.1 Å². The molecule has 401 valence electrons. The van der Waals surface area contributed by atoms with E-state index in [2.05, 4.69) is 136 Å². The number of halogens is 2. The molecule has 0 aromatic carbocycles. The average Bonchev–Trinajstić information content (AvgIpc) is 3.69. The Morgan fingerprint density at radius 2 is 0.908 bits per heavy atom. The summed E-state index contributed by atoms with van der Waals surface area (Å²) < 4.78 is 62.4. The summed E-state index contributed by atoms with van der Waals surface area (Å²) in [6.07, 6.45) is 13.7. The second-order valence-electron chi connectivity index (χ2n) is 21.9. The Bertz CT molecular complexity index is 1050. The molecule has 0 aromatic rings. The Labute approximate surface area is 429 Å². The number of allylic oxidation sites excluding steroid dienone is 2. The molecule has 0 heterocycles. The normalized spacial score (nSPS) is 16.1. The molecule has 0 spiro atoms. The van der Waals surface area contributed by atoms with E-state index >= 15 is 0 Å². The predicted octanol–water partition coefficient (Wildman–Crippen LogP) is 18.5. The van der Waals surface area contributed by atoms with Crippen molar-refractivity contribution in [1.29, 1.82) is 0 Å². The fraction of sp³-hybridized carbons (Fsp3) is 0.927. The number of alkyl halides is 2. The van der Waals surface area contributed by atoms with E-state index in [-0.39, 0.29) is 65.2 Å². The van der Waals surface area contributed by atoms with Crippen LogP contribution in [0.1, 0.15) is 253 Å². The van der Waals surface area contributed by atoms with Crippen LogP contribution in [0.4, 0.5) is 8.78 Å². The Morgan fingerprint density at radius 1 is 0.631 bits per heavy atom. The zero-order valence-electron chi connectivity index (χ0n) is 47.6. The van der Waals surface area contributed by atoms with E-state index < -0.39 is 26.6 Å². The fourth-order valence-corrected chi connectivity index (χ4v) is 5.03. The molecule has 2 saturated carbocycles. The zero-order valence-corrected chi connectivity index (χ0v) is 51.3. The van der Waals surface area contributed by atoms with Crippen molar-refractivity contribution in [2.24, 2.45) is 40.4 Å². The van der Waals surface area contributed by atoms with Crippen molar-refractivity contribution >= 4 is 18.4 Å². The topological polar surface area (TPSA) is 64.6 Å². The van der Waals surface area contributed by atoms with Crippen LogP contribution in [0.25, 0.3) is 0 Å². The van der Waals surface area contributed by atoms with Crippen molar-refractivity contribution < 1.29 is 47.7 Å². The van der Waals surface area contributed by atoms with E-state index in [4.69, 9.17) is 9.47 Å². The van der Waals surface area contributed by atoms with Gasteiger partial charge < -0.3 is 24.3 Å². The molecule has 0 saturated heterocycles. The first-order valence-electron chi connectivity index (χ1n) is 23.8. The standard InChI is InChI=1S/C11H22O2.C10H18F2.C8H18.C7H15NO2S.3C5H12.2CH4.2CH3.B.W/c1-8(2)12-10-6-5-7-11(10)13-9(3)4;1-8(2)6-5-7-10(11,12)9(3)4;1-7(2,3)8(4,5)6;1-6(2)8-11(9,10)7(3)4-5-7;3*1-4-5(2)3;;;;;;/h8-11H,5-7H2,1-4H3;5,7-9H,6H2,1-4H3;1-6H3;6,8H,4-5H2,1-3H3;3*5H,4H2,1-3H3;2*1H4;2*1H3;;/q;;;;;;;;;2*-1;;+2/b;7-5+;;;;;;;;;;;/t10-,11-;;;;;;;;;;;;/m1............/s1. The zero-order chi connectivity index (χ0) is 48.2. The van der Waals surface area contributed by atoms with Crippen LogP contribution >= 0.6 is 0 Å². The largest absolute Gasteiger partial charge is 2.00 e. The molecule has 2 rings (SSSR count). The van der Waals surface area contributed by atoms with Crippen molar-refractivity contribution in [3.8, 4) is 0 Å². The number of nitrogens with one attached hydrogen (secondary N) is 1. The van der Waals surface area contributed by atoms with Gasteiger partial charge in [0, 0.05) is 20.4 Å². The number of rotatable bonds is 14. The van der Waals surface area contributed by atoms with Gasteiger partial charge in [-0.2, -0.15) is 0 Å². The third kappa shape index (κ3) is 58.4. The molecule has 5 nitrogen and oxygen atoms in total. The molecule has 1 N–H and O–H groups in total. The summed E-state index contributed by atoms with van der Waals surface area (Å²) in [6, 6.07) is 0.0115. The molecule has 2 aliphatic carbocycles. The Kier molecular flexibility index (Phi) is 65.5. The van der Waals surface area contributed by atoms with Crippen molar-refractivity contribution in [3.05, 3.63) is 27.0 Å². The second kappa shape index (κ2) is 46.6. The molecule has 0 amide bonds. The summed E-state index contributed by atoms with van der Waals surface area (Å²) in [5, 5.41) is 0. The van der Waals surface area contributed by atoms with Crippen LogP contribution in [0.3, 0.4) is 0 Å². The van der Waals surface area contributed by atoms with Crippen LogP contribution in [0.2, 0.25) is 0 Å². The van der Waals surface area contributed by atoms with Gasteiger partial charge in [-0.1, -0.05) is 172 Å². The van der Waals surface area contributed by atoms with Gasteiger partial charge in [0.2, 0.25) is 10.0 Å². The molecule has 0 aliphatic heterocycles. The molecular formula is C55H123BF2NO4SW. The maximum Gasteiger partial charge on any atom is 2.00 e. The first-order valence-corrected chi connectivity index (χ1v) is 25.3.